The fraction of sp³-hybridized carbons (Fsp3) is 0.125. The minimum atomic E-state index is -0.217. The zero-order chi connectivity index (χ0) is 15.4. The second-order valence-electron chi connectivity index (χ2n) is 4.68. The third kappa shape index (κ3) is 3.61. The van der Waals surface area contributed by atoms with Crippen LogP contribution in [0.4, 0.5) is 5.69 Å². The topological polar surface area (TPSA) is 61.7 Å². The van der Waals surface area contributed by atoms with Crippen molar-refractivity contribution in [2.45, 2.75) is 13.8 Å². The Balaban J connectivity index is 2.21. The summed E-state index contributed by atoms with van der Waals surface area (Å²) in [7, 11) is 0. The molecule has 2 rings (SSSR count). The van der Waals surface area contributed by atoms with E-state index in [0.717, 1.165) is 11.1 Å². The summed E-state index contributed by atoms with van der Waals surface area (Å²) in [5.41, 5.74) is 3.24. The van der Waals surface area contributed by atoms with Crippen molar-refractivity contribution >= 4 is 28.9 Å². The van der Waals surface area contributed by atoms with Crippen LogP contribution < -0.4 is 5.32 Å². The molecule has 0 unspecified atom stereocenters. The third-order valence-corrected chi connectivity index (χ3v) is 3.53. The molecule has 2 aromatic carbocycles. The predicted octanol–water partition coefficient (Wildman–Crippen LogP) is 4.10. The van der Waals surface area contributed by atoms with E-state index in [1.165, 1.54) is 0 Å². The molecule has 0 heterocycles. The fourth-order valence-corrected chi connectivity index (χ4v) is 1.99. The van der Waals surface area contributed by atoms with Crippen LogP contribution >= 0.6 is 11.6 Å². The monoisotopic (exact) mass is 302 g/mol. The van der Waals surface area contributed by atoms with E-state index in [-0.39, 0.29) is 5.91 Å². The van der Waals surface area contributed by atoms with Crippen LogP contribution in [0.1, 0.15) is 28.4 Å². The van der Waals surface area contributed by atoms with Crippen molar-refractivity contribution in [3.05, 3.63) is 64.2 Å². The number of halogens is 1. The number of carbonyl (C=O) groups excluding carboxylic acids is 1. The number of anilines is 1. The SMILES string of the molecule is C/C(=N/O)c1cccc(NC(=O)c2ccc(Cl)c(C)c2)c1. The molecule has 0 atom stereocenters. The molecule has 4 nitrogen and oxygen atoms in total. The Bertz CT molecular complexity index is 711. The van der Waals surface area contributed by atoms with Crippen molar-refractivity contribution in [1.82, 2.24) is 0 Å². The van der Waals surface area contributed by atoms with Crippen LogP contribution in [0.15, 0.2) is 47.6 Å². The van der Waals surface area contributed by atoms with Crippen LogP contribution in [0.2, 0.25) is 5.02 Å². The molecule has 0 aliphatic rings. The summed E-state index contributed by atoms with van der Waals surface area (Å²) in [6.07, 6.45) is 0. The van der Waals surface area contributed by atoms with E-state index in [0.29, 0.717) is 22.0 Å². The van der Waals surface area contributed by atoms with Crippen molar-refractivity contribution in [2.75, 3.05) is 5.32 Å². The van der Waals surface area contributed by atoms with Crippen molar-refractivity contribution in [3.8, 4) is 0 Å². The molecule has 0 aromatic heterocycles. The Labute approximate surface area is 128 Å². The molecule has 0 aliphatic heterocycles. The van der Waals surface area contributed by atoms with E-state index >= 15 is 0 Å². The number of nitrogens with zero attached hydrogens (tertiary/aromatic N) is 1. The minimum absolute atomic E-state index is 0.217. The standard InChI is InChI=1S/C16H15ClN2O2/c1-10-8-13(6-7-15(10)17)16(20)18-14-5-3-4-12(9-14)11(2)19-21/h3-9,21H,1-2H3,(H,18,20)/b19-11-. The van der Waals surface area contributed by atoms with Crippen LogP contribution in [-0.4, -0.2) is 16.8 Å². The van der Waals surface area contributed by atoms with Gasteiger partial charge in [-0.05, 0) is 49.7 Å². The molecule has 21 heavy (non-hydrogen) atoms. The molecular weight excluding hydrogens is 288 g/mol. The van der Waals surface area contributed by atoms with Gasteiger partial charge in [-0.1, -0.05) is 28.9 Å². The van der Waals surface area contributed by atoms with Gasteiger partial charge >= 0.3 is 0 Å². The number of hydrogen-bond acceptors (Lipinski definition) is 3. The molecule has 2 N–H and O–H groups in total. The molecule has 0 saturated heterocycles. The summed E-state index contributed by atoms with van der Waals surface area (Å²) in [6, 6.07) is 12.2. The highest BCUT2D eigenvalue weighted by Gasteiger charge is 2.08. The number of nitrogens with one attached hydrogen (secondary N) is 1. The van der Waals surface area contributed by atoms with Gasteiger partial charge in [0.15, 0.2) is 0 Å². The van der Waals surface area contributed by atoms with E-state index in [1.807, 2.05) is 6.92 Å². The molecule has 0 spiro atoms. The van der Waals surface area contributed by atoms with Crippen molar-refractivity contribution < 1.29 is 10.0 Å². The minimum Gasteiger partial charge on any atom is -0.411 e. The summed E-state index contributed by atoms with van der Waals surface area (Å²) in [5, 5.41) is 15.4. The van der Waals surface area contributed by atoms with Gasteiger partial charge in [-0.15, -0.1) is 0 Å². The predicted molar refractivity (Wildman–Crippen MR) is 84.6 cm³/mol. The first-order valence-electron chi connectivity index (χ1n) is 6.38. The second-order valence-corrected chi connectivity index (χ2v) is 5.09. The number of aryl methyl sites for hydroxylation is 1. The molecule has 0 bridgehead atoms. The Morgan fingerprint density at radius 1 is 1.19 bits per heavy atom. The van der Waals surface area contributed by atoms with Crippen molar-refractivity contribution in [2.24, 2.45) is 5.16 Å². The maximum absolute atomic E-state index is 12.2. The third-order valence-electron chi connectivity index (χ3n) is 3.11. The molecular formula is C16H15ClN2O2. The number of carbonyl (C=O) groups is 1. The van der Waals surface area contributed by atoms with E-state index in [9.17, 15) is 4.79 Å². The largest absolute Gasteiger partial charge is 0.411 e. The summed E-state index contributed by atoms with van der Waals surface area (Å²) >= 11 is 5.95. The molecule has 2 aromatic rings. The summed E-state index contributed by atoms with van der Waals surface area (Å²) < 4.78 is 0. The lowest BCUT2D eigenvalue weighted by Gasteiger charge is -2.08. The van der Waals surface area contributed by atoms with Crippen LogP contribution in [0.25, 0.3) is 0 Å². The number of hydrogen-bond donors (Lipinski definition) is 2. The smallest absolute Gasteiger partial charge is 0.255 e. The lowest BCUT2D eigenvalue weighted by molar-refractivity contribution is 0.102. The quantitative estimate of drug-likeness (QED) is 0.509. The van der Waals surface area contributed by atoms with Gasteiger partial charge in [0, 0.05) is 21.8 Å². The highest BCUT2D eigenvalue weighted by Crippen LogP contribution is 2.18. The Kier molecular flexibility index (Phi) is 4.60. The first kappa shape index (κ1) is 15.1. The van der Waals surface area contributed by atoms with Gasteiger partial charge in [-0.2, -0.15) is 0 Å². The number of amides is 1. The van der Waals surface area contributed by atoms with E-state index < -0.39 is 0 Å². The van der Waals surface area contributed by atoms with Crippen molar-refractivity contribution in [3.63, 3.8) is 0 Å². The first-order valence-corrected chi connectivity index (χ1v) is 6.75. The Hall–Kier alpha value is -2.33. The zero-order valence-electron chi connectivity index (χ0n) is 11.7. The van der Waals surface area contributed by atoms with Gasteiger partial charge in [-0.3, -0.25) is 4.79 Å². The van der Waals surface area contributed by atoms with Crippen LogP contribution in [-0.2, 0) is 0 Å². The van der Waals surface area contributed by atoms with Gasteiger partial charge in [0.05, 0.1) is 5.71 Å². The molecule has 0 radical (unpaired) electrons. The summed E-state index contributed by atoms with van der Waals surface area (Å²) in [6.45, 7) is 3.53. The summed E-state index contributed by atoms with van der Waals surface area (Å²) in [4.78, 5) is 12.2. The molecule has 0 aliphatic carbocycles. The average molecular weight is 303 g/mol. The molecule has 0 fully saturated rings. The molecule has 5 heteroatoms. The Morgan fingerprint density at radius 2 is 1.95 bits per heavy atom. The zero-order valence-corrected chi connectivity index (χ0v) is 12.5. The first-order chi connectivity index (χ1) is 10.0. The van der Waals surface area contributed by atoms with Gasteiger partial charge in [0.2, 0.25) is 0 Å². The fourth-order valence-electron chi connectivity index (χ4n) is 1.87. The van der Waals surface area contributed by atoms with E-state index in [4.69, 9.17) is 16.8 Å². The van der Waals surface area contributed by atoms with Crippen LogP contribution in [0, 0.1) is 6.92 Å². The highest BCUT2D eigenvalue weighted by atomic mass is 35.5. The molecule has 1 amide bonds. The van der Waals surface area contributed by atoms with E-state index in [1.54, 1.807) is 49.4 Å². The van der Waals surface area contributed by atoms with Gasteiger partial charge in [0.1, 0.15) is 0 Å². The summed E-state index contributed by atoms with van der Waals surface area (Å²) in [5.74, 6) is -0.217. The molecule has 108 valence electrons. The number of benzene rings is 2. The number of oxime groups is 1. The lowest BCUT2D eigenvalue weighted by Crippen LogP contribution is -2.12. The second kappa shape index (κ2) is 6.41. The van der Waals surface area contributed by atoms with Crippen molar-refractivity contribution in [1.29, 1.82) is 0 Å². The number of rotatable bonds is 3. The van der Waals surface area contributed by atoms with Gasteiger partial charge < -0.3 is 10.5 Å². The van der Waals surface area contributed by atoms with E-state index in [2.05, 4.69) is 10.5 Å². The van der Waals surface area contributed by atoms with Gasteiger partial charge in [-0.25, -0.2) is 0 Å². The maximum Gasteiger partial charge on any atom is 0.255 e. The van der Waals surface area contributed by atoms with Gasteiger partial charge in [0.25, 0.3) is 5.91 Å². The van der Waals surface area contributed by atoms with Crippen LogP contribution in [0.5, 0.6) is 0 Å². The van der Waals surface area contributed by atoms with Crippen LogP contribution in [0.3, 0.4) is 0 Å². The lowest BCUT2D eigenvalue weighted by atomic mass is 10.1. The molecule has 0 saturated carbocycles. The highest BCUT2D eigenvalue weighted by molar-refractivity contribution is 6.31. The normalized spacial score (nSPS) is 11.3. The Morgan fingerprint density at radius 3 is 2.62 bits per heavy atom. The maximum atomic E-state index is 12.2. The average Bonchev–Trinajstić information content (AvgIpc) is 2.49.